The standard InChI is InChI=1S/C20H21FN2O5/c1-3-28-20(24)17-10-15(23(25)26)11-18(21)19(17)22-9-8-14(12-22)13-4-6-16(27-2)7-5-13/h4-7,10-11,14H,3,8-9,12H2,1-2H3. The van der Waals surface area contributed by atoms with Crippen LogP contribution in [-0.2, 0) is 4.74 Å². The Morgan fingerprint density at radius 2 is 2.04 bits per heavy atom. The molecular formula is C20H21FN2O5. The molecule has 0 radical (unpaired) electrons. The van der Waals surface area contributed by atoms with Crippen LogP contribution in [0.3, 0.4) is 0 Å². The Hall–Kier alpha value is -3.16. The molecule has 7 nitrogen and oxygen atoms in total. The number of carbonyl (C=O) groups is 1. The van der Waals surface area contributed by atoms with E-state index in [-0.39, 0.29) is 23.8 Å². The van der Waals surface area contributed by atoms with E-state index in [1.807, 2.05) is 24.3 Å². The largest absolute Gasteiger partial charge is 0.497 e. The first kappa shape index (κ1) is 19.6. The second-order valence-corrected chi connectivity index (χ2v) is 6.51. The second-order valence-electron chi connectivity index (χ2n) is 6.51. The lowest BCUT2D eigenvalue weighted by molar-refractivity contribution is -0.385. The number of ether oxygens (including phenoxy) is 2. The second kappa shape index (κ2) is 8.24. The van der Waals surface area contributed by atoms with Crippen LogP contribution in [0.2, 0.25) is 0 Å². The summed E-state index contributed by atoms with van der Waals surface area (Å²) in [7, 11) is 1.60. The fraction of sp³-hybridized carbons (Fsp3) is 0.350. The maximum absolute atomic E-state index is 14.8. The number of nitrogens with zero attached hydrogens (tertiary/aromatic N) is 2. The lowest BCUT2D eigenvalue weighted by Crippen LogP contribution is -2.24. The summed E-state index contributed by atoms with van der Waals surface area (Å²) in [6.45, 7) is 2.74. The van der Waals surface area contributed by atoms with Crippen LogP contribution >= 0.6 is 0 Å². The van der Waals surface area contributed by atoms with Crippen LogP contribution < -0.4 is 9.64 Å². The Morgan fingerprint density at radius 3 is 2.64 bits per heavy atom. The minimum Gasteiger partial charge on any atom is -0.497 e. The fourth-order valence-electron chi connectivity index (χ4n) is 3.49. The number of hydrogen-bond donors (Lipinski definition) is 0. The van der Waals surface area contributed by atoms with E-state index in [4.69, 9.17) is 9.47 Å². The lowest BCUT2D eigenvalue weighted by Gasteiger charge is -2.22. The summed E-state index contributed by atoms with van der Waals surface area (Å²) in [5, 5.41) is 11.1. The summed E-state index contributed by atoms with van der Waals surface area (Å²) >= 11 is 0. The number of esters is 1. The summed E-state index contributed by atoms with van der Waals surface area (Å²) in [5.74, 6) is -0.666. The van der Waals surface area contributed by atoms with Gasteiger partial charge < -0.3 is 14.4 Å². The summed E-state index contributed by atoms with van der Waals surface area (Å²) in [4.78, 5) is 24.4. The van der Waals surface area contributed by atoms with E-state index in [0.29, 0.717) is 13.1 Å². The zero-order valence-electron chi connectivity index (χ0n) is 15.7. The Balaban J connectivity index is 1.92. The molecule has 0 aromatic heterocycles. The van der Waals surface area contributed by atoms with Gasteiger partial charge in [0.15, 0.2) is 5.82 Å². The summed E-state index contributed by atoms with van der Waals surface area (Å²) in [6, 6.07) is 9.59. The van der Waals surface area contributed by atoms with Gasteiger partial charge in [-0.15, -0.1) is 0 Å². The molecule has 1 saturated heterocycles. The van der Waals surface area contributed by atoms with Crippen LogP contribution in [0.5, 0.6) is 5.75 Å². The summed E-state index contributed by atoms with van der Waals surface area (Å²) in [5.41, 5.74) is 0.544. The van der Waals surface area contributed by atoms with Crippen molar-refractivity contribution in [2.24, 2.45) is 0 Å². The van der Waals surface area contributed by atoms with Crippen molar-refractivity contribution in [3.63, 3.8) is 0 Å². The average Bonchev–Trinajstić information content (AvgIpc) is 3.17. The molecule has 1 heterocycles. The molecule has 1 fully saturated rings. The Labute approximate surface area is 161 Å². The number of nitro benzene ring substituents is 1. The lowest BCUT2D eigenvalue weighted by atomic mass is 9.98. The van der Waals surface area contributed by atoms with E-state index in [2.05, 4.69) is 0 Å². The first-order valence-corrected chi connectivity index (χ1v) is 8.98. The fourth-order valence-corrected chi connectivity index (χ4v) is 3.49. The van der Waals surface area contributed by atoms with Gasteiger partial charge in [0.05, 0.1) is 36.0 Å². The van der Waals surface area contributed by atoms with Crippen LogP contribution in [0.25, 0.3) is 0 Å². The van der Waals surface area contributed by atoms with Gasteiger partial charge in [0.1, 0.15) is 5.75 Å². The number of non-ortho nitro benzene ring substituents is 1. The average molecular weight is 388 g/mol. The van der Waals surface area contributed by atoms with Gasteiger partial charge in [-0.25, -0.2) is 9.18 Å². The van der Waals surface area contributed by atoms with Crippen LogP contribution in [0.4, 0.5) is 15.8 Å². The third-order valence-electron chi connectivity index (χ3n) is 4.85. The van der Waals surface area contributed by atoms with E-state index in [1.54, 1.807) is 18.9 Å². The first-order valence-electron chi connectivity index (χ1n) is 8.98. The molecule has 148 valence electrons. The molecule has 0 saturated carbocycles. The van der Waals surface area contributed by atoms with Gasteiger partial charge in [0.2, 0.25) is 0 Å². The maximum atomic E-state index is 14.8. The molecule has 2 aromatic carbocycles. The number of hydrogen-bond acceptors (Lipinski definition) is 6. The molecule has 0 N–H and O–H groups in total. The molecule has 28 heavy (non-hydrogen) atoms. The predicted octanol–water partition coefficient (Wildman–Crippen LogP) is 3.91. The van der Waals surface area contributed by atoms with Gasteiger partial charge in [-0.1, -0.05) is 12.1 Å². The summed E-state index contributed by atoms with van der Waals surface area (Å²) < 4.78 is 24.9. The van der Waals surface area contributed by atoms with E-state index >= 15 is 0 Å². The smallest absolute Gasteiger partial charge is 0.340 e. The highest BCUT2D eigenvalue weighted by molar-refractivity contribution is 5.97. The molecule has 8 heteroatoms. The molecule has 1 atom stereocenters. The molecular weight excluding hydrogens is 367 g/mol. The van der Waals surface area contributed by atoms with Crippen molar-refractivity contribution in [1.29, 1.82) is 0 Å². The highest BCUT2D eigenvalue weighted by atomic mass is 19.1. The van der Waals surface area contributed by atoms with Crippen molar-refractivity contribution >= 4 is 17.3 Å². The molecule has 0 amide bonds. The van der Waals surface area contributed by atoms with Crippen molar-refractivity contribution < 1.29 is 23.6 Å². The van der Waals surface area contributed by atoms with E-state index in [1.165, 1.54) is 0 Å². The number of benzene rings is 2. The minimum absolute atomic E-state index is 0.0556. The number of carbonyl (C=O) groups excluding carboxylic acids is 1. The van der Waals surface area contributed by atoms with E-state index in [0.717, 1.165) is 29.9 Å². The monoisotopic (exact) mass is 388 g/mol. The third kappa shape index (κ3) is 3.90. The van der Waals surface area contributed by atoms with E-state index < -0.39 is 22.4 Å². The molecule has 1 aliphatic heterocycles. The van der Waals surface area contributed by atoms with Crippen molar-refractivity contribution in [2.75, 3.05) is 31.7 Å². The zero-order chi connectivity index (χ0) is 20.3. The Kier molecular flexibility index (Phi) is 5.77. The first-order chi connectivity index (χ1) is 13.4. The molecule has 1 unspecified atom stereocenters. The molecule has 0 bridgehead atoms. The van der Waals surface area contributed by atoms with Crippen LogP contribution in [0, 0.1) is 15.9 Å². The molecule has 0 aliphatic carbocycles. The van der Waals surface area contributed by atoms with Gasteiger partial charge in [-0.05, 0) is 31.0 Å². The van der Waals surface area contributed by atoms with Gasteiger partial charge in [-0.3, -0.25) is 10.1 Å². The highest BCUT2D eigenvalue weighted by Gasteiger charge is 2.31. The third-order valence-corrected chi connectivity index (χ3v) is 4.85. The van der Waals surface area contributed by atoms with Gasteiger partial charge in [0.25, 0.3) is 5.69 Å². The number of rotatable bonds is 6. The number of halogens is 1. The van der Waals surface area contributed by atoms with Crippen molar-refractivity contribution in [3.8, 4) is 5.75 Å². The number of nitro groups is 1. The van der Waals surface area contributed by atoms with Crippen molar-refractivity contribution in [3.05, 3.63) is 63.5 Å². The summed E-state index contributed by atoms with van der Waals surface area (Å²) in [6.07, 6.45) is 0.769. The van der Waals surface area contributed by atoms with Crippen LogP contribution in [0.1, 0.15) is 35.2 Å². The normalized spacial score (nSPS) is 16.1. The zero-order valence-corrected chi connectivity index (χ0v) is 15.7. The molecule has 2 aromatic rings. The van der Waals surface area contributed by atoms with Crippen molar-refractivity contribution in [1.82, 2.24) is 0 Å². The van der Waals surface area contributed by atoms with E-state index in [9.17, 15) is 19.3 Å². The van der Waals surface area contributed by atoms with Crippen LogP contribution in [0.15, 0.2) is 36.4 Å². The SMILES string of the molecule is CCOC(=O)c1cc([N+](=O)[O-])cc(F)c1N1CCC(c2ccc(OC)cc2)C1. The predicted molar refractivity (Wildman–Crippen MR) is 102 cm³/mol. The van der Waals surface area contributed by atoms with Gasteiger partial charge in [-0.2, -0.15) is 0 Å². The molecule has 1 aliphatic rings. The number of anilines is 1. The number of methoxy groups -OCH3 is 1. The quantitative estimate of drug-likeness (QED) is 0.424. The van der Waals surface area contributed by atoms with Gasteiger partial charge >= 0.3 is 5.97 Å². The van der Waals surface area contributed by atoms with Gasteiger partial charge in [0, 0.05) is 25.1 Å². The minimum atomic E-state index is -0.798. The highest BCUT2D eigenvalue weighted by Crippen LogP contribution is 2.36. The maximum Gasteiger partial charge on any atom is 0.340 e. The Bertz CT molecular complexity index is 885. The molecule has 3 rings (SSSR count). The topological polar surface area (TPSA) is 81.9 Å². The van der Waals surface area contributed by atoms with Crippen molar-refractivity contribution in [2.45, 2.75) is 19.3 Å². The Morgan fingerprint density at radius 1 is 1.32 bits per heavy atom. The molecule has 0 spiro atoms. The van der Waals surface area contributed by atoms with Crippen LogP contribution in [-0.4, -0.2) is 37.7 Å².